The van der Waals surface area contributed by atoms with E-state index in [0.717, 1.165) is 0 Å². The summed E-state index contributed by atoms with van der Waals surface area (Å²) in [4.78, 5) is 26.2. The minimum absolute atomic E-state index is 0.296. The topological polar surface area (TPSA) is 97.0 Å². The number of carbonyl (C=O) groups is 1. The molecule has 0 fully saturated rings. The molecular weight excluding hydrogens is 248 g/mol. The lowest BCUT2D eigenvalue weighted by Gasteiger charge is -2.06. The molecule has 1 aromatic carbocycles. The largest absolute Gasteiger partial charge is 0.462 e. The van der Waals surface area contributed by atoms with Crippen molar-refractivity contribution in [2.24, 2.45) is 0 Å². The quantitative estimate of drug-likeness (QED) is 0.798. The standard InChI is InChI=1S/C12H12N4O3/c1-2-19-11(17)8-4-3-5-9(6-8)14-10-7-13-16-12(18)15-10/h3-7H,2H2,1H3,(H2,14,15,16,18). The van der Waals surface area contributed by atoms with Crippen LogP contribution in [0.1, 0.15) is 17.3 Å². The summed E-state index contributed by atoms with van der Waals surface area (Å²) >= 11 is 0. The lowest BCUT2D eigenvalue weighted by molar-refractivity contribution is 0.0526. The van der Waals surface area contributed by atoms with E-state index in [1.54, 1.807) is 31.2 Å². The summed E-state index contributed by atoms with van der Waals surface area (Å²) in [6.07, 6.45) is 1.37. The number of hydrogen-bond donors (Lipinski definition) is 2. The van der Waals surface area contributed by atoms with E-state index in [9.17, 15) is 9.59 Å². The number of anilines is 2. The van der Waals surface area contributed by atoms with Crippen molar-refractivity contribution in [3.05, 3.63) is 46.5 Å². The third-order valence-electron chi connectivity index (χ3n) is 2.22. The molecular formula is C12H12N4O3. The Balaban J connectivity index is 2.19. The number of rotatable bonds is 4. The van der Waals surface area contributed by atoms with Gasteiger partial charge in [0, 0.05) is 5.69 Å². The van der Waals surface area contributed by atoms with Crippen LogP contribution in [0.4, 0.5) is 11.5 Å². The first-order valence-corrected chi connectivity index (χ1v) is 5.65. The second-order valence-corrected chi connectivity index (χ2v) is 3.60. The van der Waals surface area contributed by atoms with Gasteiger partial charge in [-0.3, -0.25) is 0 Å². The van der Waals surface area contributed by atoms with Crippen molar-refractivity contribution < 1.29 is 9.53 Å². The normalized spacial score (nSPS) is 9.95. The molecule has 98 valence electrons. The van der Waals surface area contributed by atoms with Crippen LogP contribution in [0.15, 0.2) is 35.3 Å². The molecule has 0 saturated carbocycles. The summed E-state index contributed by atoms with van der Waals surface area (Å²) in [6, 6.07) is 6.70. The summed E-state index contributed by atoms with van der Waals surface area (Å²) in [5.41, 5.74) is 0.488. The molecule has 19 heavy (non-hydrogen) atoms. The molecule has 0 amide bonds. The zero-order valence-corrected chi connectivity index (χ0v) is 10.2. The van der Waals surface area contributed by atoms with Crippen LogP contribution in [0.25, 0.3) is 0 Å². The zero-order valence-electron chi connectivity index (χ0n) is 10.2. The van der Waals surface area contributed by atoms with Crippen molar-refractivity contribution in [3.63, 3.8) is 0 Å². The summed E-state index contributed by atoms with van der Waals surface area (Å²) in [5.74, 6) is -0.104. The van der Waals surface area contributed by atoms with E-state index >= 15 is 0 Å². The molecule has 2 rings (SSSR count). The van der Waals surface area contributed by atoms with Crippen molar-refractivity contribution in [2.75, 3.05) is 11.9 Å². The van der Waals surface area contributed by atoms with Crippen LogP contribution in [0, 0.1) is 0 Å². The monoisotopic (exact) mass is 260 g/mol. The van der Waals surface area contributed by atoms with Gasteiger partial charge in [0.05, 0.1) is 18.4 Å². The Morgan fingerprint density at radius 2 is 2.32 bits per heavy atom. The highest BCUT2D eigenvalue weighted by Crippen LogP contribution is 2.15. The Kier molecular flexibility index (Phi) is 3.87. The highest BCUT2D eigenvalue weighted by molar-refractivity contribution is 5.90. The van der Waals surface area contributed by atoms with Crippen molar-refractivity contribution in [2.45, 2.75) is 6.92 Å². The fraction of sp³-hybridized carbons (Fsp3) is 0.167. The Morgan fingerprint density at radius 1 is 1.47 bits per heavy atom. The molecule has 0 spiro atoms. The van der Waals surface area contributed by atoms with Gasteiger partial charge in [0.2, 0.25) is 0 Å². The van der Waals surface area contributed by atoms with E-state index in [1.165, 1.54) is 6.20 Å². The number of carbonyl (C=O) groups excluding carboxylic acids is 1. The Labute approximate surface area is 108 Å². The maximum absolute atomic E-state index is 11.6. The lowest BCUT2D eigenvalue weighted by atomic mass is 10.2. The van der Waals surface area contributed by atoms with Crippen molar-refractivity contribution in [1.82, 2.24) is 15.2 Å². The molecule has 0 aliphatic heterocycles. The third-order valence-corrected chi connectivity index (χ3v) is 2.22. The molecule has 0 bridgehead atoms. The molecule has 1 aromatic heterocycles. The van der Waals surface area contributed by atoms with Gasteiger partial charge in [-0.1, -0.05) is 6.07 Å². The van der Waals surface area contributed by atoms with Crippen LogP contribution in [0.3, 0.4) is 0 Å². The number of aromatic amines is 1. The molecule has 0 atom stereocenters. The first-order chi connectivity index (χ1) is 9.19. The average molecular weight is 260 g/mol. The van der Waals surface area contributed by atoms with E-state index in [1.807, 2.05) is 0 Å². The van der Waals surface area contributed by atoms with Gasteiger partial charge in [0.1, 0.15) is 0 Å². The summed E-state index contributed by atoms with van der Waals surface area (Å²) in [6.45, 7) is 2.06. The third kappa shape index (κ3) is 3.38. The molecule has 0 saturated heterocycles. The molecule has 0 unspecified atom stereocenters. The fourth-order valence-electron chi connectivity index (χ4n) is 1.46. The molecule has 7 nitrogen and oxygen atoms in total. The SMILES string of the molecule is CCOC(=O)c1cccc(Nc2cn[nH]c(=O)n2)c1. The van der Waals surface area contributed by atoms with Gasteiger partial charge in [-0.2, -0.15) is 10.1 Å². The molecule has 0 aliphatic carbocycles. The van der Waals surface area contributed by atoms with Crippen LogP contribution < -0.4 is 11.0 Å². The highest BCUT2D eigenvalue weighted by Gasteiger charge is 2.07. The van der Waals surface area contributed by atoms with E-state index in [2.05, 4.69) is 20.5 Å². The number of aromatic nitrogens is 3. The molecule has 2 N–H and O–H groups in total. The molecule has 1 heterocycles. The van der Waals surface area contributed by atoms with E-state index in [-0.39, 0.29) is 0 Å². The van der Waals surface area contributed by atoms with Gasteiger partial charge < -0.3 is 10.1 Å². The predicted molar refractivity (Wildman–Crippen MR) is 68.3 cm³/mol. The second kappa shape index (κ2) is 5.76. The van der Waals surface area contributed by atoms with Crippen molar-refractivity contribution in [3.8, 4) is 0 Å². The predicted octanol–water partition coefficient (Wildman–Crippen LogP) is 1.09. The minimum Gasteiger partial charge on any atom is -0.462 e. The Morgan fingerprint density at radius 3 is 3.05 bits per heavy atom. The van der Waals surface area contributed by atoms with Crippen molar-refractivity contribution in [1.29, 1.82) is 0 Å². The number of H-pyrrole nitrogens is 1. The number of nitrogens with zero attached hydrogens (tertiary/aromatic N) is 2. The van der Waals surface area contributed by atoms with Gasteiger partial charge in [0.25, 0.3) is 0 Å². The highest BCUT2D eigenvalue weighted by atomic mass is 16.5. The van der Waals surface area contributed by atoms with E-state index < -0.39 is 11.7 Å². The molecule has 7 heteroatoms. The van der Waals surface area contributed by atoms with Crippen LogP contribution >= 0.6 is 0 Å². The van der Waals surface area contributed by atoms with Crippen LogP contribution in [-0.4, -0.2) is 27.8 Å². The maximum atomic E-state index is 11.6. The molecule has 2 aromatic rings. The van der Waals surface area contributed by atoms with Crippen LogP contribution in [-0.2, 0) is 4.74 Å². The lowest BCUT2D eigenvalue weighted by Crippen LogP contribution is -2.13. The number of benzene rings is 1. The summed E-state index contributed by atoms with van der Waals surface area (Å²) in [7, 11) is 0. The summed E-state index contributed by atoms with van der Waals surface area (Å²) < 4.78 is 4.90. The van der Waals surface area contributed by atoms with Crippen LogP contribution in [0.5, 0.6) is 0 Å². The zero-order chi connectivity index (χ0) is 13.7. The number of ether oxygens (including phenoxy) is 1. The maximum Gasteiger partial charge on any atom is 0.363 e. The number of nitrogens with one attached hydrogen (secondary N) is 2. The first kappa shape index (κ1) is 12.7. The first-order valence-electron chi connectivity index (χ1n) is 5.65. The smallest absolute Gasteiger partial charge is 0.363 e. The van der Waals surface area contributed by atoms with Gasteiger partial charge in [0.15, 0.2) is 5.82 Å². The Bertz CT molecular complexity index is 639. The summed E-state index contributed by atoms with van der Waals surface area (Å²) in [5, 5.41) is 8.67. The fourth-order valence-corrected chi connectivity index (χ4v) is 1.46. The second-order valence-electron chi connectivity index (χ2n) is 3.60. The van der Waals surface area contributed by atoms with Gasteiger partial charge in [-0.25, -0.2) is 14.7 Å². The van der Waals surface area contributed by atoms with Crippen LogP contribution in [0.2, 0.25) is 0 Å². The molecule has 0 aliphatic rings. The number of esters is 1. The minimum atomic E-state index is -0.549. The van der Waals surface area contributed by atoms with Gasteiger partial charge >= 0.3 is 11.7 Å². The van der Waals surface area contributed by atoms with E-state index in [0.29, 0.717) is 23.7 Å². The van der Waals surface area contributed by atoms with Gasteiger partial charge in [-0.05, 0) is 25.1 Å². The Hall–Kier alpha value is -2.70. The number of hydrogen-bond acceptors (Lipinski definition) is 6. The molecule has 0 radical (unpaired) electrons. The van der Waals surface area contributed by atoms with E-state index in [4.69, 9.17) is 4.74 Å². The van der Waals surface area contributed by atoms with Gasteiger partial charge in [-0.15, -0.1) is 0 Å². The average Bonchev–Trinajstić information content (AvgIpc) is 2.39. The van der Waals surface area contributed by atoms with Crippen molar-refractivity contribution >= 4 is 17.5 Å².